The number of rotatable bonds is 2. The van der Waals surface area contributed by atoms with E-state index in [0.717, 1.165) is 0 Å². The van der Waals surface area contributed by atoms with Crippen molar-refractivity contribution in [3.8, 4) is 0 Å². The Balaban J connectivity index is 3.04. The Morgan fingerprint density at radius 3 is 2.75 bits per heavy atom. The molecule has 0 aliphatic rings. The minimum absolute atomic E-state index is 0.340. The van der Waals surface area contributed by atoms with Crippen LogP contribution in [0.1, 0.15) is 18.4 Å². The summed E-state index contributed by atoms with van der Waals surface area (Å²) in [5.41, 5.74) is 0.527. The fourth-order valence-corrected chi connectivity index (χ4v) is 1.28. The molecule has 0 saturated carbocycles. The first-order chi connectivity index (χ1) is 5.65. The molecule has 0 fully saturated rings. The molecule has 1 aromatic rings. The van der Waals surface area contributed by atoms with Crippen LogP contribution in [0.15, 0.2) is 18.2 Å². The highest BCUT2D eigenvalue weighted by Crippen LogP contribution is 2.25. The van der Waals surface area contributed by atoms with Crippen molar-refractivity contribution in [1.82, 2.24) is 0 Å². The first kappa shape index (κ1) is 9.46. The van der Waals surface area contributed by atoms with E-state index >= 15 is 0 Å². The fourth-order valence-electron chi connectivity index (χ4n) is 0.975. The lowest BCUT2D eigenvalue weighted by atomic mass is 10.0. The molecule has 12 heavy (non-hydrogen) atoms. The van der Waals surface area contributed by atoms with Gasteiger partial charge in [0.25, 0.3) is 0 Å². The molecule has 0 N–H and O–H groups in total. The molecule has 0 bridgehead atoms. The van der Waals surface area contributed by atoms with Crippen molar-refractivity contribution in [3.63, 3.8) is 0 Å². The van der Waals surface area contributed by atoms with Gasteiger partial charge in [0.1, 0.15) is 5.82 Å². The third-order valence-electron chi connectivity index (χ3n) is 1.72. The quantitative estimate of drug-likeness (QED) is 0.669. The van der Waals surface area contributed by atoms with Crippen LogP contribution < -0.4 is 0 Å². The molecule has 0 nitrogen and oxygen atoms in total. The number of hydrogen-bond acceptors (Lipinski definition) is 0. The zero-order chi connectivity index (χ0) is 9.14. The van der Waals surface area contributed by atoms with Gasteiger partial charge in [0.2, 0.25) is 0 Å². The number of alkyl halides is 1. The van der Waals surface area contributed by atoms with Crippen LogP contribution in [0.4, 0.5) is 8.78 Å². The standard InChI is InChI=1S/C9H9ClF2/c1-6(5-11)8-4-7(12)2-3-9(8)10/h2-4,6H,5H2,1H3. The lowest BCUT2D eigenvalue weighted by Crippen LogP contribution is -1.97. The molecule has 0 spiro atoms. The molecule has 1 aromatic carbocycles. The minimum atomic E-state index is -0.525. The van der Waals surface area contributed by atoms with Gasteiger partial charge in [0.15, 0.2) is 0 Å². The predicted octanol–water partition coefficient (Wildman–Crippen LogP) is 3.55. The average Bonchev–Trinajstić information content (AvgIpc) is 2.08. The second kappa shape index (κ2) is 3.85. The molecule has 0 aliphatic heterocycles. The molecule has 0 radical (unpaired) electrons. The topological polar surface area (TPSA) is 0 Å². The highest BCUT2D eigenvalue weighted by molar-refractivity contribution is 6.31. The van der Waals surface area contributed by atoms with Gasteiger partial charge in [-0.05, 0) is 23.8 Å². The van der Waals surface area contributed by atoms with Gasteiger partial charge < -0.3 is 0 Å². The van der Waals surface area contributed by atoms with Crippen LogP contribution in [0, 0.1) is 5.82 Å². The summed E-state index contributed by atoms with van der Waals surface area (Å²) < 4.78 is 24.9. The lowest BCUT2D eigenvalue weighted by molar-refractivity contribution is 0.446. The van der Waals surface area contributed by atoms with Gasteiger partial charge >= 0.3 is 0 Å². The van der Waals surface area contributed by atoms with E-state index < -0.39 is 6.67 Å². The van der Waals surface area contributed by atoms with Crippen LogP contribution in [0.5, 0.6) is 0 Å². The van der Waals surface area contributed by atoms with E-state index in [-0.39, 0.29) is 11.7 Å². The van der Waals surface area contributed by atoms with Gasteiger partial charge in [-0.25, -0.2) is 4.39 Å². The third kappa shape index (κ3) is 1.95. The number of benzene rings is 1. The summed E-state index contributed by atoms with van der Waals surface area (Å²) >= 11 is 5.74. The summed E-state index contributed by atoms with van der Waals surface area (Å²) in [7, 11) is 0. The van der Waals surface area contributed by atoms with Crippen LogP contribution in [0.3, 0.4) is 0 Å². The summed E-state index contributed by atoms with van der Waals surface area (Å²) in [4.78, 5) is 0. The molecule has 1 unspecified atom stereocenters. The van der Waals surface area contributed by atoms with Gasteiger partial charge in [-0.1, -0.05) is 18.5 Å². The highest BCUT2D eigenvalue weighted by Gasteiger charge is 2.09. The molecule has 0 aromatic heterocycles. The zero-order valence-corrected chi connectivity index (χ0v) is 7.41. The number of halogens is 3. The van der Waals surface area contributed by atoms with Crippen molar-refractivity contribution in [2.45, 2.75) is 12.8 Å². The highest BCUT2D eigenvalue weighted by atomic mass is 35.5. The van der Waals surface area contributed by atoms with Crippen molar-refractivity contribution >= 4 is 11.6 Å². The zero-order valence-electron chi connectivity index (χ0n) is 6.65. The summed E-state index contributed by atoms with van der Waals surface area (Å²) in [6.45, 7) is 1.14. The van der Waals surface area contributed by atoms with Gasteiger partial charge in [-0.3, -0.25) is 4.39 Å². The van der Waals surface area contributed by atoms with Crippen molar-refractivity contribution in [1.29, 1.82) is 0 Å². The van der Waals surface area contributed by atoms with E-state index in [1.54, 1.807) is 6.92 Å². The Bertz CT molecular complexity index is 273. The maximum Gasteiger partial charge on any atom is 0.123 e. The lowest BCUT2D eigenvalue weighted by Gasteiger charge is -2.08. The summed E-state index contributed by atoms with van der Waals surface area (Å²) in [6, 6.07) is 3.97. The SMILES string of the molecule is CC(CF)c1cc(F)ccc1Cl. The van der Waals surface area contributed by atoms with E-state index in [1.165, 1.54) is 18.2 Å². The summed E-state index contributed by atoms with van der Waals surface area (Å²) in [5, 5.41) is 0.418. The Morgan fingerprint density at radius 2 is 2.17 bits per heavy atom. The minimum Gasteiger partial charge on any atom is -0.250 e. The van der Waals surface area contributed by atoms with E-state index in [0.29, 0.717) is 10.6 Å². The summed E-state index contributed by atoms with van der Waals surface area (Å²) in [5.74, 6) is -0.720. The van der Waals surface area contributed by atoms with Crippen molar-refractivity contribution < 1.29 is 8.78 Å². The van der Waals surface area contributed by atoms with Gasteiger partial charge in [0.05, 0.1) is 6.67 Å². The fraction of sp³-hybridized carbons (Fsp3) is 0.333. The first-order valence-electron chi connectivity index (χ1n) is 3.66. The molecule has 66 valence electrons. The Morgan fingerprint density at radius 1 is 1.50 bits per heavy atom. The maximum atomic E-state index is 12.7. The van der Waals surface area contributed by atoms with Crippen molar-refractivity contribution in [2.24, 2.45) is 0 Å². The van der Waals surface area contributed by atoms with Crippen LogP contribution in [0.2, 0.25) is 5.02 Å². The first-order valence-corrected chi connectivity index (χ1v) is 4.04. The largest absolute Gasteiger partial charge is 0.250 e. The van der Waals surface area contributed by atoms with Crippen LogP contribution in [-0.4, -0.2) is 6.67 Å². The Labute approximate surface area is 75.2 Å². The van der Waals surface area contributed by atoms with Gasteiger partial charge in [0, 0.05) is 10.9 Å². The average molecular weight is 191 g/mol. The van der Waals surface area contributed by atoms with Crippen LogP contribution in [0.25, 0.3) is 0 Å². The van der Waals surface area contributed by atoms with Gasteiger partial charge in [-0.2, -0.15) is 0 Å². The molecular formula is C9H9ClF2. The van der Waals surface area contributed by atoms with Crippen LogP contribution >= 0.6 is 11.6 Å². The molecule has 0 saturated heterocycles. The van der Waals surface area contributed by atoms with Crippen LogP contribution in [-0.2, 0) is 0 Å². The predicted molar refractivity (Wildman–Crippen MR) is 45.8 cm³/mol. The molecule has 1 rings (SSSR count). The normalized spacial score (nSPS) is 13.0. The van der Waals surface area contributed by atoms with Gasteiger partial charge in [-0.15, -0.1) is 0 Å². The third-order valence-corrected chi connectivity index (χ3v) is 2.06. The molecule has 0 aliphatic carbocycles. The van der Waals surface area contributed by atoms with E-state index in [9.17, 15) is 8.78 Å². The van der Waals surface area contributed by atoms with Crippen molar-refractivity contribution in [2.75, 3.05) is 6.67 Å². The van der Waals surface area contributed by atoms with E-state index in [1.807, 2.05) is 0 Å². The number of hydrogen-bond donors (Lipinski definition) is 0. The second-order valence-corrected chi connectivity index (χ2v) is 3.13. The van der Waals surface area contributed by atoms with E-state index in [4.69, 9.17) is 11.6 Å². The molecule has 0 heterocycles. The van der Waals surface area contributed by atoms with E-state index in [2.05, 4.69) is 0 Å². The van der Waals surface area contributed by atoms with Crippen molar-refractivity contribution in [3.05, 3.63) is 34.6 Å². The Kier molecular flexibility index (Phi) is 3.04. The molecule has 3 heteroatoms. The molecular weight excluding hydrogens is 182 g/mol. The molecule has 1 atom stereocenters. The monoisotopic (exact) mass is 190 g/mol. The smallest absolute Gasteiger partial charge is 0.123 e. The Hall–Kier alpha value is -0.630. The maximum absolute atomic E-state index is 12.7. The second-order valence-electron chi connectivity index (χ2n) is 2.72. The summed E-state index contributed by atoms with van der Waals surface area (Å²) in [6.07, 6.45) is 0. The molecule has 0 amide bonds.